The minimum atomic E-state index is 0.248. The highest BCUT2D eigenvalue weighted by atomic mass is 16.5. The van der Waals surface area contributed by atoms with E-state index in [0.717, 1.165) is 31.6 Å². The van der Waals surface area contributed by atoms with Crippen molar-refractivity contribution in [2.45, 2.75) is 45.1 Å². The Balaban J connectivity index is 1.98. The van der Waals surface area contributed by atoms with E-state index < -0.39 is 0 Å². The standard InChI is InChI=1S/C16H25NO2/c1-2-17-16-7-5-6-13-12-14(8-9-15(13)16)19-11-4-3-10-18/h8-9,12,16-18H,2-7,10-11H2,1H3. The number of fused-ring (bicyclic) bond motifs is 1. The molecule has 0 fully saturated rings. The molecular formula is C16H25NO2. The van der Waals surface area contributed by atoms with E-state index in [0.29, 0.717) is 12.6 Å². The molecule has 1 aromatic rings. The van der Waals surface area contributed by atoms with Crippen LogP contribution in [0.15, 0.2) is 18.2 Å². The van der Waals surface area contributed by atoms with E-state index in [1.54, 1.807) is 0 Å². The van der Waals surface area contributed by atoms with Gasteiger partial charge < -0.3 is 15.2 Å². The summed E-state index contributed by atoms with van der Waals surface area (Å²) in [5.41, 5.74) is 2.87. The molecule has 0 saturated heterocycles. The van der Waals surface area contributed by atoms with Crippen LogP contribution < -0.4 is 10.1 Å². The van der Waals surface area contributed by atoms with Gasteiger partial charge in [-0.15, -0.1) is 0 Å². The second-order valence-electron chi connectivity index (χ2n) is 5.14. The number of ether oxygens (including phenoxy) is 1. The third-order valence-electron chi connectivity index (χ3n) is 3.70. The molecule has 0 spiro atoms. The SMILES string of the molecule is CCNC1CCCc2cc(OCCCCO)ccc21. The highest BCUT2D eigenvalue weighted by Gasteiger charge is 2.19. The molecule has 2 rings (SSSR count). The molecule has 0 aliphatic heterocycles. The van der Waals surface area contributed by atoms with Crippen molar-refractivity contribution in [3.8, 4) is 5.75 Å². The molecule has 1 aromatic carbocycles. The lowest BCUT2D eigenvalue weighted by Crippen LogP contribution is -2.24. The molecule has 3 nitrogen and oxygen atoms in total. The molecular weight excluding hydrogens is 238 g/mol. The average Bonchev–Trinajstić information content (AvgIpc) is 2.44. The number of rotatable bonds is 7. The van der Waals surface area contributed by atoms with E-state index in [1.807, 2.05) is 0 Å². The maximum absolute atomic E-state index is 8.74. The third kappa shape index (κ3) is 3.95. The predicted molar refractivity (Wildman–Crippen MR) is 77.6 cm³/mol. The number of aliphatic hydroxyl groups is 1. The second-order valence-corrected chi connectivity index (χ2v) is 5.14. The summed E-state index contributed by atoms with van der Waals surface area (Å²) in [6.07, 6.45) is 5.36. The van der Waals surface area contributed by atoms with Gasteiger partial charge in [0.1, 0.15) is 5.75 Å². The lowest BCUT2D eigenvalue weighted by molar-refractivity contribution is 0.253. The molecule has 0 aromatic heterocycles. The summed E-state index contributed by atoms with van der Waals surface area (Å²) >= 11 is 0. The molecule has 1 atom stereocenters. The number of benzene rings is 1. The zero-order chi connectivity index (χ0) is 13.5. The monoisotopic (exact) mass is 263 g/mol. The van der Waals surface area contributed by atoms with Gasteiger partial charge in [0.15, 0.2) is 0 Å². The molecule has 1 unspecified atom stereocenters. The van der Waals surface area contributed by atoms with Crippen LogP contribution in [0.3, 0.4) is 0 Å². The minimum Gasteiger partial charge on any atom is -0.494 e. The Labute approximate surface area is 116 Å². The fourth-order valence-corrected chi connectivity index (χ4v) is 2.74. The predicted octanol–water partition coefficient (Wildman–Crippen LogP) is 2.82. The first-order valence-electron chi connectivity index (χ1n) is 7.45. The van der Waals surface area contributed by atoms with Gasteiger partial charge in [0.2, 0.25) is 0 Å². The molecule has 19 heavy (non-hydrogen) atoms. The molecule has 2 N–H and O–H groups in total. The Hall–Kier alpha value is -1.06. The first-order valence-corrected chi connectivity index (χ1v) is 7.45. The average molecular weight is 263 g/mol. The number of unbranched alkanes of at least 4 members (excludes halogenated alkanes) is 1. The number of hydrogen-bond donors (Lipinski definition) is 2. The van der Waals surface area contributed by atoms with Crippen LogP contribution in [0.4, 0.5) is 0 Å². The second kappa shape index (κ2) is 7.51. The van der Waals surface area contributed by atoms with E-state index in [9.17, 15) is 0 Å². The van der Waals surface area contributed by atoms with Gasteiger partial charge in [-0.05, 0) is 61.9 Å². The first-order chi connectivity index (χ1) is 9.35. The fraction of sp³-hybridized carbons (Fsp3) is 0.625. The highest BCUT2D eigenvalue weighted by Crippen LogP contribution is 2.32. The normalized spacial score (nSPS) is 18.1. The zero-order valence-corrected chi connectivity index (χ0v) is 11.8. The van der Waals surface area contributed by atoms with Crippen LogP contribution in [-0.2, 0) is 6.42 Å². The van der Waals surface area contributed by atoms with Crippen LogP contribution in [0.1, 0.15) is 49.8 Å². The van der Waals surface area contributed by atoms with Crippen LogP contribution in [0.2, 0.25) is 0 Å². The van der Waals surface area contributed by atoms with Crippen molar-refractivity contribution >= 4 is 0 Å². The van der Waals surface area contributed by atoms with Gasteiger partial charge in [-0.1, -0.05) is 13.0 Å². The number of aryl methyl sites for hydroxylation is 1. The summed E-state index contributed by atoms with van der Waals surface area (Å²) in [6, 6.07) is 6.99. The Bertz CT molecular complexity index is 392. The molecule has 0 saturated carbocycles. The van der Waals surface area contributed by atoms with Crippen molar-refractivity contribution < 1.29 is 9.84 Å². The van der Waals surface area contributed by atoms with E-state index in [2.05, 4.69) is 30.4 Å². The van der Waals surface area contributed by atoms with Crippen LogP contribution in [0, 0.1) is 0 Å². The van der Waals surface area contributed by atoms with Crippen molar-refractivity contribution in [3.63, 3.8) is 0 Å². The van der Waals surface area contributed by atoms with Gasteiger partial charge in [0.25, 0.3) is 0 Å². The Morgan fingerprint density at radius 3 is 3.05 bits per heavy atom. The van der Waals surface area contributed by atoms with Crippen molar-refractivity contribution in [2.24, 2.45) is 0 Å². The van der Waals surface area contributed by atoms with Crippen LogP contribution in [0.5, 0.6) is 5.75 Å². The van der Waals surface area contributed by atoms with Gasteiger partial charge >= 0.3 is 0 Å². The topological polar surface area (TPSA) is 41.5 Å². The molecule has 1 aliphatic carbocycles. The summed E-state index contributed by atoms with van der Waals surface area (Å²) in [7, 11) is 0. The lowest BCUT2D eigenvalue weighted by atomic mass is 9.87. The van der Waals surface area contributed by atoms with Crippen LogP contribution in [-0.4, -0.2) is 24.9 Å². The summed E-state index contributed by atoms with van der Waals surface area (Å²) in [5.74, 6) is 0.967. The molecule has 0 heterocycles. The fourth-order valence-electron chi connectivity index (χ4n) is 2.74. The van der Waals surface area contributed by atoms with Gasteiger partial charge in [0, 0.05) is 12.6 Å². The zero-order valence-electron chi connectivity index (χ0n) is 11.8. The molecule has 0 bridgehead atoms. The lowest BCUT2D eigenvalue weighted by Gasteiger charge is -2.26. The van der Waals surface area contributed by atoms with Crippen LogP contribution >= 0.6 is 0 Å². The van der Waals surface area contributed by atoms with Crippen molar-refractivity contribution in [1.29, 1.82) is 0 Å². The maximum Gasteiger partial charge on any atom is 0.119 e. The number of aliphatic hydroxyl groups excluding tert-OH is 1. The van der Waals surface area contributed by atoms with E-state index in [4.69, 9.17) is 9.84 Å². The summed E-state index contributed by atoms with van der Waals surface area (Å²) < 4.78 is 5.74. The number of nitrogens with one attached hydrogen (secondary N) is 1. The number of hydrogen-bond acceptors (Lipinski definition) is 3. The van der Waals surface area contributed by atoms with Gasteiger partial charge in [-0.2, -0.15) is 0 Å². The summed E-state index contributed by atoms with van der Waals surface area (Å²) in [6.45, 7) is 4.12. The van der Waals surface area contributed by atoms with Gasteiger partial charge in [0.05, 0.1) is 6.61 Å². The van der Waals surface area contributed by atoms with Gasteiger partial charge in [-0.25, -0.2) is 0 Å². The van der Waals surface area contributed by atoms with E-state index in [1.165, 1.54) is 24.0 Å². The first kappa shape index (κ1) is 14.4. The van der Waals surface area contributed by atoms with Gasteiger partial charge in [-0.3, -0.25) is 0 Å². The minimum absolute atomic E-state index is 0.248. The molecule has 3 heteroatoms. The Morgan fingerprint density at radius 1 is 1.37 bits per heavy atom. The largest absolute Gasteiger partial charge is 0.494 e. The quantitative estimate of drug-likeness (QED) is 0.743. The van der Waals surface area contributed by atoms with Crippen LogP contribution in [0.25, 0.3) is 0 Å². The van der Waals surface area contributed by atoms with Crippen molar-refractivity contribution in [2.75, 3.05) is 19.8 Å². The molecule has 0 amide bonds. The Kier molecular flexibility index (Phi) is 5.67. The third-order valence-corrected chi connectivity index (χ3v) is 3.70. The van der Waals surface area contributed by atoms with E-state index >= 15 is 0 Å². The Morgan fingerprint density at radius 2 is 2.26 bits per heavy atom. The summed E-state index contributed by atoms with van der Waals surface area (Å²) in [4.78, 5) is 0. The maximum atomic E-state index is 8.74. The summed E-state index contributed by atoms with van der Waals surface area (Å²) in [5, 5.41) is 12.3. The van der Waals surface area contributed by atoms with Crippen molar-refractivity contribution in [1.82, 2.24) is 5.32 Å². The molecule has 1 aliphatic rings. The highest BCUT2D eigenvalue weighted by molar-refractivity contribution is 5.39. The van der Waals surface area contributed by atoms with E-state index in [-0.39, 0.29) is 6.61 Å². The molecule has 0 radical (unpaired) electrons. The van der Waals surface area contributed by atoms with Crippen molar-refractivity contribution in [3.05, 3.63) is 29.3 Å². The molecule has 106 valence electrons. The smallest absolute Gasteiger partial charge is 0.119 e.